The molecule has 0 fully saturated rings. The van der Waals surface area contributed by atoms with E-state index in [0.29, 0.717) is 13.2 Å². The third-order valence-corrected chi connectivity index (χ3v) is 2.46. The van der Waals surface area contributed by atoms with Crippen LogP contribution in [0.3, 0.4) is 0 Å². The fourth-order valence-electron chi connectivity index (χ4n) is 1.59. The van der Waals surface area contributed by atoms with E-state index in [0.717, 1.165) is 23.6 Å². The first-order valence-electron chi connectivity index (χ1n) is 5.89. The van der Waals surface area contributed by atoms with Gasteiger partial charge in [0.05, 0.1) is 12.7 Å². The highest BCUT2D eigenvalue weighted by Gasteiger charge is 2.04. The van der Waals surface area contributed by atoms with Gasteiger partial charge in [-0.3, -0.25) is 0 Å². The Morgan fingerprint density at radius 3 is 2.84 bits per heavy atom. The topological polar surface area (TPSA) is 34.1 Å². The fraction of sp³-hybridized carbons (Fsp3) is 0.214. The Morgan fingerprint density at radius 1 is 1.26 bits per heavy atom. The van der Waals surface area contributed by atoms with Gasteiger partial charge in [0, 0.05) is 6.07 Å². The molecule has 0 radical (unpaired) electrons. The van der Waals surface area contributed by atoms with E-state index < -0.39 is 11.6 Å². The second-order valence-corrected chi connectivity index (χ2v) is 4.08. The van der Waals surface area contributed by atoms with Crippen molar-refractivity contribution in [3.63, 3.8) is 0 Å². The average Bonchev–Trinajstić information content (AvgIpc) is 2.37. The third-order valence-electron chi connectivity index (χ3n) is 2.46. The average molecular weight is 264 g/mol. The van der Waals surface area contributed by atoms with Crippen molar-refractivity contribution in [1.29, 1.82) is 0 Å². The molecular weight excluding hydrogens is 250 g/mol. The molecular formula is C14H14F2N2O. The zero-order valence-corrected chi connectivity index (χ0v) is 10.5. The molecule has 100 valence electrons. The summed E-state index contributed by atoms with van der Waals surface area (Å²) >= 11 is 0. The first-order valence-corrected chi connectivity index (χ1v) is 5.89. The number of aryl methyl sites for hydroxylation is 1. The van der Waals surface area contributed by atoms with Gasteiger partial charge in [0.15, 0.2) is 11.6 Å². The minimum Gasteiger partial charge on any atom is -0.492 e. The highest BCUT2D eigenvalue weighted by atomic mass is 19.1. The van der Waals surface area contributed by atoms with Crippen LogP contribution in [0.15, 0.2) is 36.5 Å². The SMILES string of the molecule is Cc1cccc(OCCNc2ncc(F)cc2F)c1. The fourth-order valence-corrected chi connectivity index (χ4v) is 1.59. The Bertz CT molecular complexity index is 561. The van der Waals surface area contributed by atoms with E-state index in [-0.39, 0.29) is 5.82 Å². The van der Waals surface area contributed by atoms with Gasteiger partial charge in [-0.25, -0.2) is 13.8 Å². The van der Waals surface area contributed by atoms with Crippen molar-refractivity contribution in [2.75, 3.05) is 18.5 Å². The predicted octanol–water partition coefficient (Wildman–Crippen LogP) is 3.16. The zero-order chi connectivity index (χ0) is 13.7. The Hall–Kier alpha value is -2.17. The largest absolute Gasteiger partial charge is 0.492 e. The lowest BCUT2D eigenvalue weighted by atomic mass is 10.2. The number of rotatable bonds is 5. The van der Waals surface area contributed by atoms with Crippen LogP contribution in [0.5, 0.6) is 5.75 Å². The summed E-state index contributed by atoms with van der Waals surface area (Å²) in [4.78, 5) is 3.62. The summed E-state index contributed by atoms with van der Waals surface area (Å²) in [5, 5.41) is 2.75. The van der Waals surface area contributed by atoms with E-state index in [1.54, 1.807) is 0 Å². The summed E-state index contributed by atoms with van der Waals surface area (Å²) in [5.74, 6) is -0.627. The second kappa shape index (κ2) is 6.13. The number of nitrogens with one attached hydrogen (secondary N) is 1. The highest BCUT2D eigenvalue weighted by molar-refractivity contribution is 5.35. The molecule has 1 aromatic carbocycles. The van der Waals surface area contributed by atoms with Gasteiger partial charge in [-0.1, -0.05) is 12.1 Å². The molecule has 0 spiro atoms. The van der Waals surface area contributed by atoms with Crippen LogP contribution in [0, 0.1) is 18.6 Å². The lowest BCUT2D eigenvalue weighted by Gasteiger charge is -2.09. The molecule has 0 aliphatic heterocycles. The summed E-state index contributed by atoms with van der Waals surface area (Å²) in [6, 6.07) is 8.43. The number of anilines is 1. The molecule has 2 aromatic rings. The number of benzene rings is 1. The molecule has 1 N–H and O–H groups in total. The van der Waals surface area contributed by atoms with Crippen molar-refractivity contribution < 1.29 is 13.5 Å². The van der Waals surface area contributed by atoms with Crippen molar-refractivity contribution in [1.82, 2.24) is 4.98 Å². The monoisotopic (exact) mass is 264 g/mol. The molecule has 0 aliphatic carbocycles. The molecule has 0 saturated heterocycles. The lowest BCUT2D eigenvalue weighted by Crippen LogP contribution is -2.13. The van der Waals surface area contributed by atoms with Gasteiger partial charge in [-0.15, -0.1) is 0 Å². The summed E-state index contributed by atoms with van der Waals surface area (Å²) in [5.41, 5.74) is 1.11. The number of pyridine rings is 1. The smallest absolute Gasteiger partial charge is 0.168 e. The standard InChI is InChI=1S/C14H14F2N2O/c1-10-3-2-4-12(7-10)19-6-5-17-14-13(16)8-11(15)9-18-14/h2-4,7-9H,5-6H2,1H3,(H,17,18). The van der Waals surface area contributed by atoms with Crippen LogP contribution in [0.25, 0.3) is 0 Å². The van der Waals surface area contributed by atoms with Gasteiger partial charge < -0.3 is 10.1 Å². The molecule has 0 unspecified atom stereocenters. The number of halogens is 2. The molecule has 1 heterocycles. The maximum absolute atomic E-state index is 13.2. The molecule has 1 aromatic heterocycles. The lowest BCUT2D eigenvalue weighted by molar-refractivity contribution is 0.332. The zero-order valence-electron chi connectivity index (χ0n) is 10.5. The maximum Gasteiger partial charge on any atom is 0.168 e. The Morgan fingerprint density at radius 2 is 2.11 bits per heavy atom. The van der Waals surface area contributed by atoms with Crippen LogP contribution in [0.4, 0.5) is 14.6 Å². The minimum atomic E-state index is -0.712. The molecule has 2 rings (SSSR count). The molecule has 0 saturated carbocycles. The van der Waals surface area contributed by atoms with E-state index in [2.05, 4.69) is 10.3 Å². The van der Waals surface area contributed by atoms with Gasteiger partial charge in [0.1, 0.15) is 18.2 Å². The van der Waals surface area contributed by atoms with Crippen molar-refractivity contribution in [3.05, 3.63) is 53.7 Å². The van der Waals surface area contributed by atoms with Crippen LogP contribution in [0.1, 0.15) is 5.56 Å². The van der Waals surface area contributed by atoms with Crippen LogP contribution >= 0.6 is 0 Å². The Balaban J connectivity index is 1.81. The molecule has 5 heteroatoms. The first-order chi connectivity index (χ1) is 9.15. The van der Waals surface area contributed by atoms with E-state index in [4.69, 9.17) is 4.74 Å². The number of hydrogen-bond donors (Lipinski definition) is 1. The number of nitrogens with zero attached hydrogens (tertiary/aromatic N) is 1. The van der Waals surface area contributed by atoms with Crippen molar-refractivity contribution in [3.8, 4) is 5.75 Å². The maximum atomic E-state index is 13.2. The van der Waals surface area contributed by atoms with Gasteiger partial charge in [0.25, 0.3) is 0 Å². The first kappa shape index (κ1) is 13.3. The summed E-state index contributed by atoms with van der Waals surface area (Å²) in [6.45, 7) is 2.72. The quantitative estimate of drug-likeness (QED) is 0.842. The van der Waals surface area contributed by atoms with E-state index in [1.165, 1.54) is 0 Å². The van der Waals surface area contributed by atoms with E-state index >= 15 is 0 Å². The van der Waals surface area contributed by atoms with Crippen LogP contribution in [-0.2, 0) is 0 Å². The van der Waals surface area contributed by atoms with Crippen molar-refractivity contribution >= 4 is 5.82 Å². The van der Waals surface area contributed by atoms with Gasteiger partial charge >= 0.3 is 0 Å². The Labute approximate surface area is 110 Å². The van der Waals surface area contributed by atoms with E-state index in [1.807, 2.05) is 31.2 Å². The van der Waals surface area contributed by atoms with Crippen LogP contribution in [0.2, 0.25) is 0 Å². The minimum absolute atomic E-state index is 0.0224. The number of ether oxygens (including phenoxy) is 1. The van der Waals surface area contributed by atoms with Crippen LogP contribution in [-0.4, -0.2) is 18.1 Å². The van der Waals surface area contributed by atoms with E-state index in [9.17, 15) is 8.78 Å². The third kappa shape index (κ3) is 3.91. The van der Waals surface area contributed by atoms with Crippen molar-refractivity contribution in [2.24, 2.45) is 0 Å². The molecule has 3 nitrogen and oxygen atoms in total. The second-order valence-electron chi connectivity index (χ2n) is 4.08. The summed E-state index contributed by atoms with van der Waals surface area (Å²) in [7, 11) is 0. The van der Waals surface area contributed by atoms with Gasteiger partial charge in [0.2, 0.25) is 0 Å². The van der Waals surface area contributed by atoms with Crippen LogP contribution < -0.4 is 10.1 Å². The highest BCUT2D eigenvalue weighted by Crippen LogP contribution is 2.13. The predicted molar refractivity (Wildman–Crippen MR) is 69.3 cm³/mol. The van der Waals surface area contributed by atoms with Gasteiger partial charge in [-0.2, -0.15) is 0 Å². The summed E-state index contributed by atoms with van der Waals surface area (Å²) < 4.78 is 31.4. The van der Waals surface area contributed by atoms with Crippen molar-refractivity contribution in [2.45, 2.75) is 6.92 Å². The number of hydrogen-bond acceptors (Lipinski definition) is 3. The van der Waals surface area contributed by atoms with Gasteiger partial charge in [-0.05, 0) is 24.6 Å². The Kier molecular flexibility index (Phi) is 4.28. The normalized spacial score (nSPS) is 10.3. The molecule has 0 aliphatic rings. The molecule has 19 heavy (non-hydrogen) atoms. The molecule has 0 amide bonds. The molecule has 0 bridgehead atoms. The molecule has 0 atom stereocenters. The number of aromatic nitrogens is 1. The summed E-state index contributed by atoms with van der Waals surface area (Å²) in [6.07, 6.45) is 0.965.